The second-order valence-corrected chi connectivity index (χ2v) is 11.1. The molecule has 4 aromatic carbocycles. The highest BCUT2D eigenvalue weighted by molar-refractivity contribution is 9.10. The van der Waals surface area contributed by atoms with Crippen molar-refractivity contribution >= 4 is 72.2 Å². The number of hydrogen-bond acceptors (Lipinski definition) is 5. The van der Waals surface area contributed by atoms with Crippen LogP contribution >= 0.6 is 31.9 Å². The molecule has 0 bridgehead atoms. The lowest BCUT2D eigenvalue weighted by Gasteiger charge is -2.27. The fraction of sp³-hybridized carbons (Fsp3) is 0.129. The monoisotopic (exact) mass is 662 g/mol. The summed E-state index contributed by atoms with van der Waals surface area (Å²) in [6, 6.07) is 20.0. The zero-order valence-electron chi connectivity index (χ0n) is 21.9. The Morgan fingerprint density at radius 3 is 2.45 bits per heavy atom. The number of carbonyl (C=O) groups is 3. The molecular formula is C31H24Br2N2O5. The molecule has 0 aromatic heterocycles. The van der Waals surface area contributed by atoms with Gasteiger partial charge in [-0.15, -0.1) is 0 Å². The molecule has 1 N–H and O–H groups in total. The molecule has 1 saturated heterocycles. The first-order valence-electron chi connectivity index (χ1n) is 12.3. The molecule has 4 amide bonds. The summed E-state index contributed by atoms with van der Waals surface area (Å²) in [6.07, 6.45) is 1.43. The van der Waals surface area contributed by atoms with Crippen molar-refractivity contribution in [1.29, 1.82) is 0 Å². The van der Waals surface area contributed by atoms with Crippen LogP contribution in [0.5, 0.6) is 11.5 Å². The second kappa shape index (κ2) is 11.3. The molecule has 4 aromatic rings. The molecule has 0 spiro atoms. The molecule has 0 aliphatic carbocycles. The maximum Gasteiger partial charge on any atom is 0.335 e. The minimum absolute atomic E-state index is 0.184. The maximum atomic E-state index is 13.4. The average molecular weight is 664 g/mol. The topological polar surface area (TPSA) is 84.9 Å². The van der Waals surface area contributed by atoms with Gasteiger partial charge in [0.15, 0.2) is 11.5 Å². The highest BCUT2D eigenvalue weighted by Gasteiger charge is 2.37. The summed E-state index contributed by atoms with van der Waals surface area (Å²) in [5.74, 6) is -0.595. The van der Waals surface area contributed by atoms with Gasteiger partial charge in [0.25, 0.3) is 11.8 Å². The van der Waals surface area contributed by atoms with Gasteiger partial charge >= 0.3 is 6.03 Å². The summed E-state index contributed by atoms with van der Waals surface area (Å²) >= 11 is 6.95. The van der Waals surface area contributed by atoms with Gasteiger partial charge < -0.3 is 9.47 Å². The van der Waals surface area contributed by atoms with Crippen LogP contribution in [0.1, 0.15) is 22.3 Å². The summed E-state index contributed by atoms with van der Waals surface area (Å²) in [4.78, 5) is 39.7. The number of amides is 4. The molecule has 1 aliphatic rings. The van der Waals surface area contributed by atoms with E-state index in [1.807, 2.05) is 19.1 Å². The van der Waals surface area contributed by atoms with Crippen molar-refractivity contribution in [1.82, 2.24) is 5.32 Å². The van der Waals surface area contributed by atoms with Crippen LogP contribution < -0.4 is 19.7 Å². The Morgan fingerprint density at radius 2 is 1.70 bits per heavy atom. The van der Waals surface area contributed by atoms with E-state index in [9.17, 15) is 14.4 Å². The number of nitrogens with zero attached hydrogens (tertiary/aromatic N) is 1. The number of hydrogen-bond donors (Lipinski definition) is 1. The normalized spacial score (nSPS) is 14.6. The first kappa shape index (κ1) is 27.6. The molecule has 0 unspecified atom stereocenters. The third-order valence-corrected chi connectivity index (χ3v) is 7.78. The van der Waals surface area contributed by atoms with Gasteiger partial charge in [-0.1, -0.05) is 52.3 Å². The fourth-order valence-corrected chi connectivity index (χ4v) is 5.71. The molecule has 1 aliphatic heterocycles. The number of benzene rings is 4. The number of ether oxygens (including phenoxy) is 2. The predicted molar refractivity (Wildman–Crippen MR) is 162 cm³/mol. The van der Waals surface area contributed by atoms with Crippen molar-refractivity contribution in [3.8, 4) is 11.5 Å². The number of rotatable bonds is 6. The van der Waals surface area contributed by atoms with Gasteiger partial charge in [-0.3, -0.25) is 14.9 Å². The van der Waals surface area contributed by atoms with Crippen LogP contribution in [0, 0.1) is 13.8 Å². The lowest BCUT2D eigenvalue weighted by Crippen LogP contribution is -2.54. The van der Waals surface area contributed by atoms with Crippen molar-refractivity contribution in [3.05, 3.63) is 104 Å². The summed E-state index contributed by atoms with van der Waals surface area (Å²) < 4.78 is 13.2. The van der Waals surface area contributed by atoms with Gasteiger partial charge in [0.05, 0.1) is 17.3 Å². The van der Waals surface area contributed by atoms with Gasteiger partial charge in [-0.05, 0) is 93.6 Å². The van der Waals surface area contributed by atoms with Gasteiger partial charge in [-0.25, -0.2) is 9.69 Å². The molecule has 9 heteroatoms. The fourth-order valence-electron chi connectivity index (χ4n) is 4.66. The number of imide groups is 2. The minimum Gasteiger partial charge on any atom is -0.493 e. The van der Waals surface area contributed by atoms with Crippen LogP contribution in [-0.2, 0) is 16.2 Å². The van der Waals surface area contributed by atoms with E-state index < -0.39 is 17.8 Å². The summed E-state index contributed by atoms with van der Waals surface area (Å²) in [5, 5.41) is 4.50. The third kappa shape index (κ3) is 5.26. The molecule has 7 nitrogen and oxygen atoms in total. The lowest BCUT2D eigenvalue weighted by atomic mass is 10.0. The zero-order chi connectivity index (χ0) is 28.6. The van der Waals surface area contributed by atoms with E-state index in [0.29, 0.717) is 39.4 Å². The van der Waals surface area contributed by atoms with Crippen molar-refractivity contribution in [2.24, 2.45) is 0 Å². The number of halogens is 2. The predicted octanol–water partition coefficient (Wildman–Crippen LogP) is 7.24. The van der Waals surface area contributed by atoms with E-state index in [0.717, 1.165) is 31.3 Å². The standard InChI is InChI=1S/C31H24Br2N2O5/c1-17-8-9-20-6-4-5-7-22(20)24(17)16-40-28-25(33)14-19(15-27(28)39-3)13-23-29(36)34-31(38)35(30(23)37)26-11-10-21(32)12-18(26)2/h4-15H,16H2,1-3H3,(H,34,36,38)/b23-13-. The van der Waals surface area contributed by atoms with Gasteiger partial charge in [0.1, 0.15) is 12.2 Å². The quantitative estimate of drug-likeness (QED) is 0.174. The van der Waals surface area contributed by atoms with Gasteiger partial charge in [0.2, 0.25) is 0 Å². The van der Waals surface area contributed by atoms with Crippen molar-refractivity contribution in [2.45, 2.75) is 20.5 Å². The summed E-state index contributed by atoms with van der Waals surface area (Å²) in [5.41, 5.74) is 3.58. The van der Waals surface area contributed by atoms with Crippen LogP contribution in [0.25, 0.3) is 16.8 Å². The molecule has 1 fully saturated rings. The first-order chi connectivity index (χ1) is 19.2. The molecule has 1 heterocycles. The number of urea groups is 1. The Labute approximate surface area is 248 Å². The van der Waals surface area contributed by atoms with Gasteiger partial charge in [-0.2, -0.15) is 0 Å². The molecule has 40 heavy (non-hydrogen) atoms. The molecular weight excluding hydrogens is 640 g/mol. The maximum absolute atomic E-state index is 13.4. The van der Waals surface area contributed by atoms with E-state index in [-0.39, 0.29) is 5.57 Å². The SMILES string of the molecule is COc1cc(/C=C2/C(=O)NC(=O)N(c3ccc(Br)cc3C)C2=O)cc(Br)c1OCc1c(C)ccc2ccccc12. The van der Waals surface area contributed by atoms with E-state index >= 15 is 0 Å². The molecule has 0 radical (unpaired) electrons. The summed E-state index contributed by atoms with van der Waals surface area (Å²) in [7, 11) is 1.52. The molecule has 0 atom stereocenters. The molecule has 202 valence electrons. The number of barbiturate groups is 1. The highest BCUT2D eigenvalue weighted by Crippen LogP contribution is 2.39. The van der Waals surface area contributed by atoms with Crippen LogP contribution in [0.15, 0.2) is 81.2 Å². The van der Waals surface area contributed by atoms with E-state index in [1.54, 1.807) is 37.3 Å². The third-order valence-electron chi connectivity index (χ3n) is 6.70. The number of carbonyl (C=O) groups excluding carboxylic acids is 3. The van der Waals surface area contributed by atoms with Crippen molar-refractivity contribution in [2.75, 3.05) is 12.0 Å². The van der Waals surface area contributed by atoms with Crippen LogP contribution in [0.3, 0.4) is 0 Å². The van der Waals surface area contributed by atoms with Gasteiger partial charge in [0, 0.05) is 10.0 Å². The molecule has 0 saturated carbocycles. The number of fused-ring (bicyclic) bond motifs is 1. The highest BCUT2D eigenvalue weighted by atomic mass is 79.9. The Balaban J connectivity index is 1.47. The minimum atomic E-state index is -0.802. The smallest absolute Gasteiger partial charge is 0.335 e. The first-order valence-corrected chi connectivity index (χ1v) is 13.9. The van der Waals surface area contributed by atoms with E-state index in [4.69, 9.17) is 9.47 Å². The number of nitrogens with one attached hydrogen (secondary N) is 1. The van der Waals surface area contributed by atoms with Crippen molar-refractivity contribution in [3.63, 3.8) is 0 Å². The Morgan fingerprint density at radius 1 is 0.925 bits per heavy atom. The van der Waals surface area contributed by atoms with E-state index in [2.05, 4.69) is 61.4 Å². The Bertz CT molecular complexity index is 1730. The van der Waals surface area contributed by atoms with Crippen LogP contribution in [0.2, 0.25) is 0 Å². The number of methoxy groups -OCH3 is 1. The summed E-state index contributed by atoms with van der Waals surface area (Å²) in [6.45, 7) is 4.14. The second-order valence-electron chi connectivity index (χ2n) is 9.29. The largest absolute Gasteiger partial charge is 0.493 e. The van der Waals surface area contributed by atoms with Crippen LogP contribution in [-0.4, -0.2) is 25.0 Å². The van der Waals surface area contributed by atoms with E-state index in [1.165, 1.54) is 13.2 Å². The van der Waals surface area contributed by atoms with Crippen LogP contribution in [0.4, 0.5) is 10.5 Å². The number of anilines is 1. The lowest BCUT2D eigenvalue weighted by molar-refractivity contribution is -0.122. The number of aryl methyl sites for hydroxylation is 2. The van der Waals surface area contributed by atoms with Crippen molar-refractivity contribution < 1.29 is 23.9 Å². The Hall–Kier alpha value is -3.95. The molecule has 5 rings (SSSR count). The average Bonchev–Trinajstić information content (AvgIpc) is 2.92. The Kier molecular flexibility index (Phi) is 7.78. The zero-order valence-corrected chi connectivity index (χ0v) is 25.1.